The molecule has 0 saturated carbocycles. The van der Waals surface area contributed by atoms with Crippen molar-refractivity contribution in [3.8, 4) is 0 Å². The van der Waals surface area contributed by atoms with E-state index in [1.807, 2.05) is 6.07 Å². The molecule has 2 rings (SSSR count). The van der Waals surface area contributed by atoms with E-state index in [-0.39, 0.29) is 11.8 Å². The Morgan fingerprint density at radius 2 is 2.25 bits per heavy atom. The van der Waals surface area contributed by atoms with Gasteiger partial charge in [-0.15, -0.1) is 11.6 Å². The fourth-order valence-electron chi connectivity index (χ4n) is 3.00. The predicted octanol–water partition coefficient (Wildman–Crippen LogP) is 3.88. The summed E-state index contributed by atoms with van der Waals surface area (Å²) in [5.74, 6) is 1.38. The molecule has 1 N–H and O–H groups in total. The van der Waals surface area contributed by atoms with Crippen molar-refractivity contribution in [1.82, 2.24) is 5.32 Å². The highest BCUT2D eigenvalue weighted by molar-refractivity contribution is 6.17. The van der Waals surface area contributed by atoms with Crippen LogP contribution in [0.1, 0.15) is 49.7 Å². The molecule has 2 atom stereocenters. The zero-order valence-electron chi connectivity index (χ0n) is 12.2. The molecule has 0 aliphatic heterocycles. The van der Waals surface area contributed by atoms with Gasteiger partial charge in [0.1, 0.15) is 0 Å². The average Bonchev–Trinajstić information content (AvgIpc) is 2.50. The summed E-state index contributed by atoms with van der Waals surface area (Å²) in [5, 5.41) is 3.13. The van der Waals surface area contributed by atoms with E-state index < -0.39 is 0 Å². The molecule has 0 heterocycles. The van der Waals surface area contributed by atoms with E-state index in [1.54, 1.807) is 0 Å². The lowest BCUT2D eigenvalue weighted by molar-refractivity contribution is -0.123. The third kappa shape index (κ3) is 3.76. The summed E-state index contributed by atoms with van der Waals surface area (Å²) in [5.41, 5.74) is 2.56. The molecule has 1 aromatic rings. The van der Waals surface area contributed by atoms with Gasteiger partial charge in [-0.05, 0) is 42.7 Å². The second-order valence-electron chi connectivity index (χ2n) is 5.64. The molecule has 0 fully saturated rings. The lowest BCUT2D eigenvalue weighted by Crippen LogP contribution is -2.34. The number of benzene rings is 1. The van der Waals surface area contributed by atoms with Gasteiger partial charge >= 0.3 is 0 Å². The first-order chi connectivity index (χ1) is 9.76. The van der Waals surface area contributed by atoms with Crippen LogP contribution in [0.25, 0.3) is 0 Å². The van der Waals surface area contributed by atoms with Gasteiger partial charge in [0.2, 0.25) is 5.91 Å². The topological polar surface area (TPSA) is 29.1 Å². The van der Waals surface area contributed by atoms with Gasteiger partial charge in [-0.3, -0.25) is 4.79 Å². The molecule has 2 unspecified atom stereocenters. The highest BCUT2D eigenvalue weighted by atomic mass is 35.5. The first-order valence-electron chi connectivity index (χ1n) is 7.67. The minimum absolute atomic E-state index is 0.0356. The number of rotatable bonds is 6. The van der Waals surface area contributed by atoms with Gasteiger partial charge in [0.15, 0.2) is 0 Å². The van der Waals surface area contributed by atoms with Crippen LogP contribution in [0.15, 0.2) is 24.3 Å². The van der Waals surface area contributed by atoms with Gasteiger partial charge in [0.25, 0.3) is 0 Å². The van der Waals surface area contributed by atoms with Crippen LogP contribution in [0.2, 0.25) is 0 Å². The Morgan fingerprint density at radius 1 is 1.45 bits per heavy atom. The SMILES string of the molecule is CCC(CCCl)CNC(=O)C1CCCc2ccccc21. The van der Waals surface area contributed by atoms with E-state index >= 15 is 0 Å². The highest BCUT2D eigenvalue weighted by Crippen LogP contribution is 2.31. The summed E-state index contributed by atoms with van der Waals surface area (Å²) in [6.07, 6.45) is 5.21. The quantitative estimate of drug-likeness (QED) is 0.793. The maximum absolute atomic E-state index is 12.4. The molecule has 0 radical (unpaired) electrons. The second-order valence-corrected chi connectivity index (χ2v) is 6.02. The highest BCUT2D eigenvalue weighted by Gasteiger charge is 2.26. The van der Waals surface area contributed by atoms with Crippen LogP contribution in [0, 0.1) is 5.92 Å². The molecule has 0 aromatic heterocycles. The van der Waals surface area contributed by atoms with E-state index in [9.17, 15) is 4.79 Å². The Morgan fingerprint density at radius 3 is 3.00 bits per heavy atom. The van der Waals surface area contributed by atoms with Crippen molar-refractivity contribution in [3.63, 3.8) is 0 Å². The molecule has 2 nitrogen and oxygen atoms in total. The Kier molecular flexibility index (Phi) is 5.90. The van der Waals surface area contributed by atoms with Crippen molar-refractivity contribution in [1.29, 1.82) is 0 Å². The zero-order valence-corrected chi connectivity index (χ0v) is 13.0. The number of alkyl halides is 1. The number of halogens is 1. The van der Waals surface area contributed by atoms with Crippen LogP contribution in [-0.2, 0) is 11.2 Å². The van der Waals surface area contributed by atoms with Crippen molar-refractivity contribution in [3.05, 3.63) is 35.4 Å². The van der Waals surface area contributed by atoms with Gasteiger partial charge in [-0.1, -0.05) is 37.6 Å². The number of carbonyl (C=O) groups is 1. The summed E-state index contributed by atoms with van der Waals surface area (Å²) >= 11 is 5.79. The molecule has 3 heteroatoms. The molecular formula is C17H24ClNO. The van der Waals surface area contributed by atoms with Crippen molar-refractivity contribution in [2.24, 2.45) is 5.92 Å². The van der Waals surface area contributed by atoms with Crippen LogP contribution in [-0.4, -0.2) is 18.3 Å². The van der Waals surface area contributed by atoms with Crippen LogP contribution < -0.4 is 5.32 Å². The number of nitrogens with one attached hydrogen (secondary N) is 1. The maximum atomic E-state index is 12.4. The maximum Gasteiger partial charge on any atom is 0.227 e. The summed E-state index contributed by atoms with van der Waals surface area (Å²) < 4.78 is 0. The fraction of sp³-hybridized carbons (Fsp3) is 0.588. The van der Waals surface area contributed by atoms with E-state index in [0.717, 1.165) is 38.6 Å². The molecule has 0 saturated heterocycles. The summed E-state index contributed by atoms with van der Waals surface area (Å²) in [7, 11) is 0. The molecule has 20 heavy (non-hydrogen) atoms. The molecule has 1 aromatic carbocycles. The average molecular weight is 294 g/mol. The van der Waals surface area contributed by atoms with Gasteiger partial charge in [-0.2, -0.15) is 0 Å². The number of amides is 1. The number of carbonyl (C=O) groups excluding carboxylic acids is 1. The van der Waals surface area contributed by atoms with Crippen molar-refractivity contribution < 1.29 is 4.79 Å². The van der Waals surface area contributed by atoms with Crippen molar-refractivity contribution in [2.45, 2.75) is 44.9 Å². The molecular weight excluding hydrogens is 270 g/mol. The van der Waals surface area contributed by atoms with Gasteiger partial charge in [-0.25, -0.2) is 0 Å². The lowest BCUT2D eigenvalue weighted by Gasteiger charge is -2.25. The first-order valence-corrected chi connectivity index (χ1v) is 8.21. The third-order valence-corrected chi connectivity index (χ3v) is 4.56. The Balaban J connectivity index is 1.97. The van der Waals surface area contributed by atoms with E-state index in [2.05, 4.69) is 30.4 Å². The Labute approximate surface area is 126 Å². The van der Waals surface area contributed by atoms with Crippen LogP contribution in [0.4, 0.5) is 0 Å². The number of fused-ring (bicyclic) bond motifs is 1. The minimum atomic E-state index is 0.0356. The normalized spacial score (nSPS) is 19.2. The molecule has 110 valence electrons. The minimum Gasteiger partial charge on any atom is -0.355 e. The van der Waals surface area contributed by atoms with Gasteiger partial charge < -0.3 is 5.32 Å². The van der Waals surface area contributed by atoms with Crippen LogP contribution >= 0.6 is 11.6 Å². The van der Waals surface area contributed by atoms with E-state index in [1.165, 1.54) is 11.1 Å². The number of aryl methyl sites for hydroxylation is 1. The third-order valence-electron chi connectivity index (χ3n) is 4.35. The van der Waals surface area contributed by atoms with Crippen LogP contribution in [0.5, 0.6) is 0 Å². The largest absolute Gasteiger partial charge is 0.355 e. The second kappa shape index (κ2) is 7.68. The van der Waals surface area contributed by atoms with Crippen molar-refractivity contribution >= 4 is 17.5 Å². The summed E-state index contributed by atoms with van der Waals surface area (Å²) in [6, 6.07) is 8.35. The molecule has 1 amide bonds. The molecule has 1 aliphatic rings. The monoisotopic (exact) mass is 293 g/mol. The van der Waals surface area contributed by atoms with E-state index in [4.69, 9.17) is 11.6 Å². The van der Waals surface area contributed by atoms with Crippen molar-refractivity contribution in [2.75, 3.05) is 12.4 Å². The smallest absolute Gasteiger partial charge is 0.227 e. The Bertz CT molecular complexity index is 446. The van der Waals surface area contributed by atoms with E-state index in [0.29, 0.717) is 11.8 Å². The van der Waals surface area contributed by atoms with Gasteiger partial charge in [0, 0.05) is 12.4 Å². The van der Waals surface area contributed by atoms with Crippen LogP contribution in [0.3, 0.4) is 0 Å². The predicted molar refractivity (Wildman–Crippen MR) is 84.2 cm³/mol. The summed E-state index contributed by atoms with van der Waals surface area (Å²) in [6.45, 7) is 2.90. The standard InChI is InChI=1S/C17H24ClNO/c1-2-13(10-11-18)12-19-17(20)16-9-5-7-14-6-3-4-8-15(14)16/h3-4,6,8,13,16H,2,5,7,9-12H2,1H3,(H,19,20). The first kappa shape index (κ1) is 15.4. The van der Waals surface area contributed by atoms with Gasteiger partial charge in [0.05, 0.1) is 5.92 Å². The number of hydrogen-bond donors (Lipinski definition) is 1. The zero-order chi connectivity index (χ0) is 14.4. The number of hydrogen-bond acceptors (Lipinski definition) is 1. The molecule has 0 bridgehead atoms. The fourth-order valence-corrected chi connectivity index (χ4v) is 3.31. The molecule has 1 aliphatic carbocycles. The summed E-state index contributed by atoms with van der Waals surface area (Å²) in [4.78, 5) is 12.4. The molecule has 0 spiro atoms. The lowest BCUT2D eigenvalue weighted by atomic mass is 9.82. The Hall–Kier alpha value is -1.02.